The molecule has 1 atom stereocenters. The van der Waals surface area contributed by atoms with Gasteiger partial charge in [0.2, 0.25) is 17.6 Å². The number of anilines is 1. The van der Waals surface area contributed by atoms with Crippen molar-refractivity contribution >= 4 is 23.4 Å². The number of hydrogen-bond donors (Lipinski definition) is 3. The SMILES string of the molecule is COc1cc(C(=O)NNC(=O)CC(C)CC(=O)Nc2ccc(OCCC3CCCCC3)cc2)cc(OC)c1OC. The number of methoxy groups -OCH3 is 3. The molecule has 0 saturated heterocycles. The number of carbonyl (C=O) groups excluding carboxylic acids is 3. The molecule has 40 heavy (non-hydrogen) atoms. The van der Waals surface area contributed by atoms with Crippen LogP contribution in [0.2, 0.25) is 0 Å². The quantitative estimate of drug-likeness (QED) is 0.301. The second-order valence-electron chi connectivity index (χ2n) is 10.1. The van der Waals surface area contributed by atoms with Crippen LogP contribution in [-0.4, -0.2) is 45.7 Å². The van der Waals surface area contributed by atoms with Gasteiger partial charge in [-0.3, -0.25) is 25.2 Å². The highest BCUT2D eigenvalue weighted by Gasteiger charge is 2.19. The summed E-state index contributed by atoms with van der Waals surface area (Å²) in [5, 5.41) is 2.85. The van der Waals surface area contributed by atoms with Crippen LogP contribution in [0.4, 0.5) is 5.69 Å². The standard InChI is InChI=1S/C30H41N3O7/c1-20(17-28(35)32-33-30(36)22-18-25(37-2)29(39-4)26(19-22)38-3)16-27(34)31-23-10-12-24(13-11-23)40-15-14-21-8-6-5-7-9-21/h10-13,18-21H,5-9,14-17H2,1-4H3,(H,31,34)(H,32,35)(H,33,36). The second kappa shape index (κ2) is 15.6. The van der Waals surface area contributed by atoms with Crippen LogP contribution in [0, 0.1) is 11.8 Å². The number of ether oxygens (including phenoxy) is 4. The molecule has 0 bridgehead atoms. The van der Waals surface area contributed by atoms with Crippen LogP contribution in [0.15, 0.2) is 36.4 Å². The Morgan fingerprint density at radius 3 is 2.08 bits per heavy atom. The topological polar surface area (TPSA) is 124 Å². The zero-order chi connectivity index (χ0) is 28.9. The molecule has 0 heterocycles. The lowest BCUT2D eigenvalue weighted by Crippen LogP contribution is -2.42. The minimum atomic E-state index is -0.556. The molecule has 1 fully saturated rings. The molecule has 218 valence electrons. The molecule has 3 rings (SSSR count). The summed E-state index contributed by atoms with van der Waals surface area (Å²) in [4.78, 5) is 37.4. The number of hydrazine groups is 1. The Kier molecular flexibility index (Phi) is 11.9. The lowest BCUT2D eigenvalue weighted by molar-refractivity contribution is -0.123. The number of hydrogen-bond acceptors (Lipinski definition) is 7. The number of amides is 3. The van der Waals surface area contributed by atoms with Gasteiger partial charge in [0.25, 0.3) is 5.91 Å². The number of carbonyl (C=O) groups is 3. The Labute approximate surface area is 236 Å². The summed E-state index contributed by atoms with van der Waals surface area (Å²) in [5.41, 5.74) is 5.63. The molecule has 1 unspecified atom stereocenters. The van der Waals surface area contributed by atoms with Crippen molar-refractivity contribution in [2.45, 2.75) is 58.3 Å². The molecule has 1 aliphatic rings. The fourth-order valence-corrected chi connectivity index (χ4v) is 4.83. The first-order valence-corrected chi connectivity index (χ1v) is 13.7. The fourth-order valence-electron chi connectivity index (χ4n) is 4.83. The highest BCUT2D eigenvalue weighted by Crippen LogP contribution is 2.38. The molecule has 0 aromatic heterocycles. The monoisotopic (exact) mass is 555 g/mol. The van der Waals surface area contributed by atoms with Crippen LogP contribution in [0.1, 0.15) is 68.6 Å². The third-order valence-electron chi connectivity index (χ3n) is 6.97. The highest BCUT2D eigenvalue weighted by molar-refractivity contribution is 5.97. The first kappa shape index (κ1) is 30.6. The predicted octanol–water partition coefficient (Wildman–Crippen LogP) is 4.88. The van der Waals surface area contributed by atoms with Gasteiger partial charge in [-0.2, -0.15) is 0 Å². The molecule has 10 heteroatoms. The van der Waals surface area contributed by atoms with E-state index in [9.17, 15) is 14.4 Å². The molecule has 1 aliphatic carbocycles. The van der Waals surface area contributed by atoms with Crippen molar-refractivity contribution in [1.82, 2.24) is 10.9 Å². The summed E-state index contributed by atoms with van der Waals surface area (Å²) in [6.45, 7) is 2.50. The first-order valence-electron chi connectivity index (χ1n) is 13.7. The van der Waals surface area contributed by atoms with E-state index in [-0.39, 0.29) is 30.2 Å². The molecule has 2 aromatic carbocycles. The Bertz CT molecular complexity index is 1110. The molecular weight excluding hydrogens is 514 g/mol. The van der Waals surface area contributed by atoms with E-state index < -0.39 is 11.8 Å². The van der Waals surface area contributed by atoms with E-state index in [1.54, 1.807) is 6.92 Å². The molecule has 3 N–H and O–H groups in total. The van der Waals surface area contributed by atoms with E-state index in [4.69, 9.17) is 18.9 Å². The van der Waals surface area contributed by atoms with Gasteiger partial charge in [-0.15, -0.1) is 0 Å². The van der Waals surface area contributed by atoms with Gasteiger partial charge in [-0.25, -0.2) is 0 Å². The maximum atomic E-state index is 12.6. The van der Waals surface area contributed by atoms with E-state index >= 15 is 0 Å². The van der Waals surface area contributed by atoms with Crippen molar-refractivity contribution in [2.75, 3.05) is 33.3 Å². The molecule has 2 aromatic rings. The Balaban J connectivity index is 1.38. The lowest BCUT2D eigenvalue weighted by atomic mass is 9.87. The smallest absolute Gasteiger partial charge is 0.269 e. The van der Waals surface area contributed by atoms with Gasteiger partial charge in [0, 0.05) is 24.1 Å². The van der Waals surface area contributed by atoms with E-state index in [0.717, 1.165) is 18.1 Å². The van der Waals surface area contributed by atoms with Crippen LogP contribution < -0.4 is 35.1 Å². The van der Waals surface area contributed by atoms with E-state index in [1.807, 2.05) is 24.3 Å². The third kappa shape index (κ3) is 9.36. The van der Waals surface area contributed by atoms with Gasteiger partial charge < -0.3 is 24.3 Å². The van der Waals surface area contributed by atoms with Crippen LogP contribution in [-0.2, 0) is 9.59 Å². The van der Waals surface area contributed by atoms with Crippen molar-refractivity contribution in [3.63, 3.8) is 0 Å². The molecule has 0 radical (unpaired) electrons. The number of nitrogens with one attached hydrogen (secondary N) is 3. The van der Waals surface area contributed by atoms with E-state index in [0.29, 0.717) is 29.5 Å². The van der Waals surface area contributed by atoms with Gasteiger partial charge in [-0.05, 0) is 54.7 Å². The summed E-state index contributed by atoms with van der Waals surface area (Å²) in [7, 11) is 4.36. The van der Waals surface area contributed by atoms with Gasteiger partial charge in [-0.1, -0.05) is 39.0 Å². The average Bonchev–Trinajstić information content (AvgIpc) is 2.96. The zero-order valence-electron chi connectivity index (χ0n) is 23.8. The summed E-state index contributed by atoms with van der Waals surface area (Å²) in [5.74, 6) is 1.11. The lowest BCUT2D eigenvalue weighted by Gasteiger charge is -2.21. The summed E-state index contributed by atoms with van der Waals surface area (Å²) in [6, 6.07) is 10.3. The zero-order valence-corrected chi connectivity index (χ0v) is 23.8. The van der Waals surface area contributed by atoms with E-state index in [2.05, 4.69) is 16.2 Å². The van der Waals surface area contributed by atoms with Crippen LogP contribution in [0.25, 0.3) is 0 Å². The van der Waals surface area contributed by atoms with Crippen LogP contribution in [0.3, 0.4) is 0 Å². The van der Waals surface area contributed by atoms with Gasteiger partial charge in [0.1, 0.15) is 5.75 Å². The number of rotatable bonds is 13. The minimum Gasteiger partial charge on any atom is -0.494 e. The number of benzene rings is 2. The highest BCUT2D eigenvalue weighted by atomic mass is 16.5. The molecule has 0 spiro atoms. The Hall–Kier alpha value is -3.95. The Morgan fingerprint density at radius 2 is 1.48 bits per heavy atom. The third-order valence-corrected chi connectivity index (χ3v) is 6.97. The maximum absolute atomic E-state index is 12.6. The molecular formula is C30H41N3O7. The molecule has 1 saturated carbocycles. The van der Waals surface area contributed by atoms with Crippen molar-refractivity contribution in [3.8, 4) is 23.0 Å². The first-order chi connectivity index (χ1) is 19.3. The largest absolute Gasteiger partial charge is 0.494 e. The second-order valence-corrected chi connectivity index (χ2v) is 10.1. The van der Waals surface area contributed by atoms with Crippen LogP contribution in [0.5, 0.6) is 23.0 Å². The maximum Gasteiger partial charge on any atom is 0.269 e. The summed E-state index contributed by atoms with van der Waals surface area (Å²) < 4.78 is 21.6. The van der Waals surface area contributed by atoms with Gasteiger partial charge >= 0.3 is 0 Å². The average molecular weight is 556 g/mol. The molecule has 3 amide bonds. The van der Waals surface area contributed by atoms with Crippen molar-refractivity contribution in [3.05, 3.63) is 42.0 Å². The van der Waals surface area contributed by atoms with Crippen molar-refractivity contribution in [1.29, 1.82) is 0 Å². The van der Waals surface area contributed by atoms with Gasteiger partial charge in [0.15, 0.2) is 11.5 Å². The van der Waals surface area contributed by atoms with Crippen molar-refractivity contribution in [2.24, 2.45) is 11.8 Å². The van der Waals surface area contributed by atoms with E-state index in [1.165, 1.54) is 65.6 Å². The van der Waals surface area contributed by atoms with Gasteiger partial charge in [0.05, 0.1) is 27.9 Å². The van der Waals surface area contributed by atoms with Crippen LogP contribution >= 0.6 is 0 Å². The summed E-state index contributed by atoms with van der Waals surface area (Å²) >= 11 is 0. The van der Waals surface area contributed by atoms with Crippen molar-refractivity contribution < 1.29 is 33.3 Å². The predicted molar refractivity (Wildman–Crippen MR) is 152 cm³/mol. The molecule has 0 aliphatic heterocycles. The normalized spacial score (nSPS) is 14.0. The molecule has 10 nitrogen and oxygen atoms in total. The minimum absolute atomic E-state index is 0.0523. The summed E-state index contributed by atoms with van der Waals surface area (Å²) in [6.07, 6.45) is 7.90. The fraction of sp³-hybridized carbons (Fsp3) is 0.500. The Morgan fingerprint density at radius 1 is 0.850 bits per heavy atom.